The van der Waals surface area contributed by atoms with Gasteiger partial charge >= 0.3 is 0 Å². The molecule has 0 bridgehead atoms. The van der Waals surface area contributed by atoms with E-state index in [1.807, 2.05) is 0 Å². The van der Waals surface area contributed by atoms with Crippen LogP contribution in [0.1, 0.15) is 96.8 Å². The Morgan fingerprint density at radius 3 is 1.60 bits per heavy atom. The van der Waals surface area contributed by atoms with Crippen LogP contribution >= 0.6 is 0 Å². The van der Waals surface area contributed by atoms with Crippen molar-refractivity contribution in [1.29, 1.82) is 0 Å². The average molecular weight is 284 g/mol. The molecule has 0 aromatic heterocycles. The van der Waals surface area contributed by atoms with Gasteiger partial charge in [-0.1, -0.05) is 77.6 Å². The Morgan fingerprint density at radius 2 is 1.10 bits per heavy atom. The van der Waals surface area contributed by atoms with Crippen LogP contribution in [0.3, 0.4) is 0 Å². The number of unbranched alkanes of at least 4 members (excludes halogenated alkanes) is 10. The first-order valence-electron chi connectivity index (χ1n) is 9.14. The lowest BCUT2D eigenvalue weighted by atomic mass is 10.0. The molecule has 0 amide bonds. The maximum Gasteiger partial charge on any atom is 0.0841 e. The second-order valence-electron chi connectivity index (χ2n) is 6.40. The molecule has 1 saturated heterocycles. The molecule has 1 aliphatic rings. The minimum Gasteiger partial charge on any atom is -0.396 e. The number of epoxide rings is 1. The smallest absolute Gasteiger partial charge is 0.0841 e. The molecule has 20 heavy (non-hydrogen) atoms. The first kappa shape index (κ1) is 18.0. The highest BCUT2D eigenvalue weighted by Crippen LogP contribution is 2.31. The van der Waals surface area contributed by atoms with E-state index in [9.17, 15) is 0 Å². The first-order chi connectivity index (χ1) is 9.88. The molecule has 2 nitrogen and oxygen atoms in total. The molecule has 1 rings (SSSR count). The quantitative estimate of drug-likeness (QED) is 0.330. The first-order valence-corrected chi connectivity index (χ1v) is 9.14. The zero-order valence-corrected chi connectivity index (χ0v) is 13.6. The van der Waals surface area contributed by atoms with E-state index in [0.717, 1.165) is 6.42 Å². The lowest BCUT2D eigenvalue weighted by Gasteiger charge is -2.00. The van der Waals surface area contributed by atoms with Gasteiger partial charge in [0.1, 0.15) is 0 Å². The maximum absolute atomic E-state index is 8.69. The zero-order chi connectivity index (χ0) is 14.5. The van der Waals surface area contributed by atoms with Crippen molar-refractivity contribution < 1.29 is 9.84 Å². The average Bonchev–Trinajstić information content (AvgIpc) is 3.20. The molecule has 0 unspecified atom stereocenters. The molecule has 1 heterocycles. The second kappa shape index (κ2) is 12.6. The fourth-order valence-electron chi connectivity index (χ4n) is 2.98. The van der Waals surface area contributed by atoms with E-state index in [0.29, 0.717) is 18.8 Å². The fourth-order valence-corrected chi connectivity index (χ4v) is 2.98. The summed E-state index contributed by atoms with van der Waals surface area (Å²) in [5.74, 6) is 0. The van der Waals surface area contributed by atoms with Gasteiger partial charge in [-0.3, -0.25) is 0 Å². The van der Waals surface area contributed by atoms with Gasteiger partial charge in [0.15, 0.2) is 0 Å². The summed E-state index contributed by atoms with van der Waals surface area (Å²) in [6, 6.07) is 0. The van der Waals surface area contributed by atoms with Crippen molar-refractivity contribution in [2.24, 2.45) is 0 Å². The van der Waals surface area contributed by atoms with Gasteiger partial charge in [0.25, 0.3) is 0 Å². The standard InChI is InChI=1S/C18H36O2/c1-2-3-4-5-8-11-14-17-18(20-17)15-12-9-6-7-10-13-16-19/h17-19H,2-16H2,1H3/t17-,18-/m0/s1. The molecule has 1 aliphatic heterocycles. The van der Waals surface area contributed by atoms with Gasteiger partial charge < -0.3 is 9.84 Å². The van der Waals surface area contributed by atoms with Crippen molar-refractivity contribution in [1.82, 2.24) is 0 Å². The van der Waals surface area contributed by atoms with Crippen molar-refractivity contribution in [3.8, 4) is 0 Å². The molecule has 120 valence electrons. The molecule has 2 atom stereocenters. The summed E-state index contributed by atoms with van der Waals surface area (Å²) in [4.78, 5) is 0. The van der Waals surface area contributed by atoms with E-state index in [1.165, 1.54) is 83.5 Å². The highest BCUT2D eigenvalue weighted by Gasteiger charge is 2.36. The topological polar surface area (TPSA) is 32.8 Å². The third-order valence-electron chi connectivity index (χ3n) is 4.43. The molecule has 0 radical (unpaired) electrons. The Bertz CT molecular complexity index is 206. The van der Waals surface area contributed by atoms with Crippen LogP contribution < -0.4 is 0 Å². The van der Waals surface area contributed by atoms with Crippen LogP contribution in [0.15, 0.2) is 0 Å². The highest BCUT2D eigenvalue weighted by molar-refractivity contribution is 4.84. The summed E-state index contributed by atoms with van der Waals surface area (Å²) >= 11 is 0. The van der Waals surface area contributed by atoms with Gasteiger partial charge in [-0.15, -0.1) is 0 Å². The molecule has 0 aromatic rings. The van der Waals surface area contributed by atoms with Crippen LogP contribution in [0.25, 0.3) is 0 Å². The summed E-state index contributed by atoms with van der Waals surface area (Å²) in [5, 5.41) is 8.69. The summed E-state index contributed by atoms with van der Waals surface area (Å²) in [6.07, 6.45) is 19.6. The third-order valence-corrected chi connectivity index (χ3v) is 4.43. The Kier molecular flexibility index (Phi) is 11.4. The molecule has 0 spiro atoms. The predicted octanol–water partition coefficient (Wildman–Crippen LogP) is 5.23. The Hall–Kier alpha value is -0.0800. The molecule has 0 aromatic carbocycles. The molecular formula is C18H36O2. The summed E-state index contributed by atoms with van der Waals surface area (Å²) < 4.78 is 5.76. The van der Waals surface area contributed by atoms with E-state index in [4.69, 9.17) is 9.84 Å². The summed E-state index contributed by atoms with van der Waals surface area (Å²) in [6.45, 7) is 2.63. The van der Waals surface area contributed by atoms with E-state index in [1.54, 1.807) is 0 Å². The summed E-state index contributed by atoms with van der Waals surface area (Å²) in [7, 11) is 0. The van der Waals surface area contributed by atoms with Crippen molar-refractivity contribution in [3.63, 3.8) is 0 Å². The number of hydrogen-bond acceptors (Lipinski definition) is 2. The molecular weight excluding hydrogens is 248 g/mol. The zero-order valence-electron chi connectivity index (χ0n) is 13.6. The van der Waals surface area contributed by atoms with Gasteiger partial charge in [0.05, 0.1) is 12.2 Å². The minimum absolute atomic E-state index is 0.357. The Morgan fingerprint density at radius 1 is 0.650 bits per heavy atom. The van der Waals surface area contributed by atoms with Crippen LogP contribution in [0, 0.1) is 0 Å². The van der Waals surface area contributed by atoms with Crippen LogP contribution in [0.2, 0.25) is 0 Å². The van der Waals surface area contributed by atoms with E-state index in [2.05, 4.69) is 6.92 Å². The van der Waals surface area contributed by atoms with Crippen molar-refractivity contribution in [2.75, 3.05) is 6.61 Å². The number of hydrogen-bond donors (Lipinski definition) is 1. The maximum atomic E-state index is 8.69. The van der Waals surface area contributed by atoms with Crippen LogP contribution in [0.4, 0.5) is 0 Å². The molecule has 0 aliphatic carbocycles. The van der Waals surface area contributed by atoms with Crippen LogP contribution in [-0.2, 0) is 4.74 Å². The van der Waals surface area contributed by atoms with Gasteiger partial charge in [0.2, 0.25) is 0 Å². The minimum atomic E-state index is 0.357. The van der Waals surface area contributed by atoms with Crippen molar-refractivity contribution in [2.45, 2.75) is 109 Å². The van der Waals surface area contributed by atoms with Crippen LogP contribution in [0.5, 0.6) is 0 Å². The van der Waals surface area contributed by atoms with Crippen molar-refractivity contribution >= 4 is 0 Å². The van der Waals surface area contributed by atoms with E-state index in [-0.39, 0.29) is 0 Å². The fraction of sp³-hybridized carbons (Fsp3) is 1.00. The van der Waals surface area contributed by atoms with E-state index >= 15 is 0 Å². The Labute approximate surface area is 126 Å². The number of aliphatic hydroxyl groups is 1. The number of rotatable bonds is 15. The molecule has 2 heteroatoms. The largest absolute Gasteiger partial charge is 0.396 e. The van der Waals surface area contributed by atoms with Crippen LogP contribution in [-0.4, -0.2) is 23.9 Å². The van der Waals surface area contributed by atoms with Gasteiger partial charge in [-0.05, 0) is 19.3 Å². The van der Waals surface area contributed by atoms with Gasteiger partial charge in [-0.2, -0.15) is 0 Å². The monoisotopic (exact) mass is 284 g/mol. The normalized spacial score (nSPS) is 21.3. The van der Waals surface area contributed by atoms with Gasteiger partial charge in [0, 0.05) is 6.61 Å². The molecule has 1 fully saturated rings. The van der Waals surface area contributed by atoms with E-state index < -0.39 is 0 Å². The number of ether oxygens (including phenoxy) is 1. The lowest BCUT2D eigenvalue weighted by Crippen LogP contribution is -1.95. The SMILES string of the molecule is CCCCCCCC[C@@H]1O[C@H]1CCCCCCCCO. The number of aliphatic hydroxyl groups excluding tert-OH is 1. The molecule has 1 N–H and O–H groups in total. The third kappa shape index (κ3) is 9.77. The predicted molar refractivity (Wildman–Crippen MR) is 86.1 cm³/mol. The highest BCUT2D eigenvalue weighted by atomic mass is 16.6. The molecule has 0 saturated carbocycles. The second-order valence-corrected chi connectivity index (χ2v) is 6.40. The summed E-state index contributed by atoms with van der Waals surface area (Å²) in [5.41, 5.74) is 0. The van der Waals surface area contributed by atoms with Crippen molar-refractivity contribution in [3.05, 3.63) is 0 Å². The lowest BCUT2D eigenvalue weighted by molar-refractivity contribution is 0.282. The Balaban J connectivity index is 1.75. The van der Waals surface area contributed by atoms with Gasteiger partial charge in [-0.25, -0.2) is 0 Å².